The van der Waals surface area contributed by atoms with Gasteiger partial charge >= 0.3 is 0 Å². The second-order valence-corrected chi connectivity index (χ2v) is 4.88. The zero-order valence-corrected chi connectivity index (χ0v) is 10.4. The van der Waals surface area contributed by atoms with Crippen LogP contribution in [0.25, 0.3) is 11.4 Å². The number of aromatic nitrogens is 3. The lowest BCUT2D eigenvalue weighted by Gasteiger charge is -2.05. The van der Waals surface area contributed by atoms with Crippen molar-refractivity contribution in [2.24, 2.45) is 0 Å². The van der Waals surface area contributed by atoms with Gasteiger partial charge in [-0.3, -0.25) is 9.67 Å². The van der Waals surface area contributed by atoms with E-state index in [0.29, 0.717) is 22.2 Å². The Morgan fingerprint density at radius 2 is 2.24 bits per heavy atom. The van der Waals surface area contributed by atoms with Crippen molar-refractivity contribution in [3.8, 4) is 11.4 Å². The third-order valence-corrected chi connectivity index (χ3v) is 3.39. The molecule has 0 aliphatic heterocycles. The van der Waals surface area contributed by atoms with E-state index in [1.165, 1.54) is 12.1 Å². The molecule has 1 aliphatic rings. The van der Waals surface area contributed by atoms with Crippen molar-refractivity contribution >= 4 is 23.8 Å². The third-order valence-electron chi connectivity index (χ3n) is 2.79. The average molecular weight is 270 g/mol. The molecule has 6 heteroatoms. The second-order valence-electron chi connectivity index (χ2n) is 4.08. The van der Waals surface area contributed by atoms with Gasteiger partial charge in [-0.25, -0.2) is 4.39 Å². The number of benzene rings is 1. The Kier molecular flexibility index (Phi) is 2.52. The van der Waals surface area contributed by atoms with Crippen LogP contribution >= 0.6 is 23.8 Å². The van der Waals surface area contributed by atoms with Gasteiger partial charge in [-0.05, 0) is 43.3 Å². The Labute approximate surface area is 107 Å². The molecule has 0 bridgehead atoms. The number of nitrogens with one attached hydrogen (secondary N) is 1. The summed E-state index contributed by atoms with van der Waals surface area (Å²) >= 11 is 10.8. The van der Waals surface area contributed by atoms with Gasteiger partial charge < -0.3 is 0 Å². The van der Waals surface area contributed by atoms with E-state index in [0.717, 1.165) is 12.8 Å². The molecule has 17 heavy (non-hydrogen) atoms. The molecule has 0 amide bonds. The standard InChI is InChI=1S/C11H9ClFN3S/c12-8-4-1-6(5-9(8)13)10-14-15-11(17)16(10)7-2-3-7/h1,4-5,7H,2-3H2,(H,15,17). The molecule has 3 rings (SSSR count). The van der Waals surface area contributed by atoms with Crippen LogP contribution in [0.2, 0.25) is 5.02 Å². The molecule has 1 aromatic carbocycles. The number of hydrogen-bond acceptors (Lipinski definition) is 2. The van der Waals surface area contributed by atoms with Crippen LogP contribution in [0.3, 0.4) is 0 Å². The molecule has 1 N–H and O–H groups in total. The Bertz CT molecular complexity index is 630. The highest BCUT2D eigenvalue weighted by molar-refractivity contribution is 7.71. The lowest BCUT2D eigenvalue weighted by molar-refractivity contribution is 0.628. The third kappa shape index (κ3) is 1.89. The number of aromatic amines is 1. The molecule has 1 aliphatic carbocycles. The van der Waals surface area contributed by atoms with Gasteiger partial charge in [-0.2, -0.15) is 5.10 Å². The second kappa shape index (κ2) is 3.92. The minimum Gasteiger partial charge on any atom is -0.297 e. The first-order valence-corrected chi connectivity index (χ1v) is 6.08. The van der Waals surface area contributed by atoms with Gasteiger partial charge in [0.25, 0.3) is 0 Å². The Hall–Kier alpha value is -1.20. The number of halogens is 2. The first-order chi connectivity index (χ1) is 8.16. The van der Waals surface area contributed by atoms with Crippen molar-refractivity contribution in [3.63, 3.8) is 0 Å². The van der Waals surface area contributed by atoms with Crippen molar-refractivity contribution in [2.45, 2.75) is 18.9 Å². The highest BCUT2D eigenvalue weighted by Gasteiger charge is 2.27. The first-order valence-electron chi connectivity index (χ1n) is 5.29. The van der Waals surface area contributed by atoms with Gasteiger partial charge in [-0.1, -0.05) is 11.6 Å². The summed E-state index contributed by atoms with van der Waals surface area (Å²) in [6.45, 7) is 0. The largest absolute Gasteiger partial charge is 0.297 e. The molecule has 1 saturated carbocycles. The number of nitrogens with zero attached hydrogens (tertiary/aromatic N) is 2. The minimum absolute atomic E-state index is 0.112. The SMILES string of the molecule is Fc1cc(-c2n[nH]c(=S)n2C2CC2)ccc1Cl. The van der Waals surface area contributed by atoms with E-state index in [4.69, 9.17) is 23.8 Å². The van der Waals surface area contributed by atoms with Crippen molar-refractivity contribution < 1.29 is 4.39 Å². The molecule has 0 atom stereocenters. The summed E-state index contributed by atoms with van der Waals surface area (Å²) in [4.78, 5) is 0. The van der Waals surface area contributed by atoms with E-state index >= 15 is 0 Å². The highest BCUT2D eigenvalue weighted by Crippen LogP contribution is 2.38. The number of hydrogen-bond donors (Lipinski definition) is 1. The molecule has 0 radical (unpaired) electrons. The van der Waals surface area contributed by atoms with E-state index in [2.05, 4.69) is 10.2 Å². The Balaban J connectivity index is 2.14. The fourth-order valence-electron chi connectivity index (χ4n) is 1.82. The van der Waals surface area contributed by atoms with Gasteiger partial charge in [0, 0.05) is 11.6 Å². The quantitative estimate of drug-likeness (QED) is 0.843. The summed E-state index contributed by atoms with van der Waals surface area (Å²) in [6.07, 6.45) is 2.19. The van der Waals surface area contributed by atoms with Crippen LogP contribution < -0.4 is 0 Å². The first kappa shape index (κ1) is 10.9. The summed E-state index contributed by atoms with van der Waals surface area (Å²) < 4.78 is 15.9. The molecule has 0 unspecified atom stereocenters. The van der Waals surface area contributed by atoms with E-state index in [-0.39, 0.29) is 5.02 Å². The molecule has 1 aromatic heterocycles. The van der Waals surface area contributed by atoms with Crippen molar-refractivity contribution in [2.75, 3.05) is 0 Å². The maximum atomic E-state index is 13.4. The smallest absolute Gasteiger partial charge is 0.195 e. The zero-order valence-electron chi connectivity index (χ0n) is 8.78. The lowest BCUT2D eigenvalue weighted by atomic mass is 10.2. The van der Waals surface area contributed by atoms with E-state index in [9.17, 15) is 4.39 Å². The molecule has 0 saturated heterocycles. The fraction of sp³-hybridized carbons (Fsp3) is 0.273. The van der Waals surface area contributed by atoms with Crippen LogP contribution in [0.4, 0.5) is 4.39 Å². The van der Waals surface area contributed by atoms with Gasteiger partial charge in [0.05, 0.1) is 5.02 Å². The summed E-state index contributed by atoms with van der Waals surface area (Å²) in [5, 5.41) is 7.02. The van der Waals surface area contributed by atoms with Crippen LogP contribution in [-0.4, -0.2) is 14.8 Å². The molecule has 3 nitrogen and oxygen atoms in total. The summed E-state index contributed by atoms with van der Waals surface area (Å²) in [7, 11) is 0. The van der Waals surface area contributed by atoms with Crippen LogP contribution in [0.1, 0.15) is 18.9 Å². The van der Waals surface area contributed by atoms with Crippen LogP contribution in [0.5, 0.6) is 0 Å². The highest BCUT2D eigenvalue weighted by atomic mass is 35.5. The Morgan fingerprint density at radius 3 is 2.88 bits per heavy atom. The molecule has 2 aromatic rings. The van der Waals surface area contributed by atoms with E-state index < -0.39 is 5.82 Å². The molecule has 1 fully saturated rings. The van der Waals surface area contributed by atoms with Crippen molar-refractivity contribution in [3.05, 3.63) is 33.8 Å². The molecule has 88 valence electrons. The van der Waals surface area contributed by atoms with Gasteiger partial charge in [0.15, 0.2) is 10.6 Å². The van der Waals surface area contributed by atoms with Crippen LogP contribution in [0.15, 0.2) is 18.2 Å². The van der Waals surface area contributed by atoms with Gasteiger partial charge in [0.2, 0.25) is 0 Å². The van der Waals surface area contributed by atoms with Crippen molar-refractivity contribution in [1.29, 1.82) is 0 Å². The molecular weight excluding hydrogens is 261 g/mol. The van der Waals surface area contributed by atoms with E-state index in [1.54, 1.807) is 6.07 Å². The average Bonchev–Trinajstić information content (AvgIpc) is 3.06. The summed E-state index contributed by atoms with van der Waals surface area (Å²) in [5.74, 6) is 0.230. The van der Waals surface area contributed by atoms with Crippen molar-refractivity contribution in [1.82, 2.24) is 14.8 Å². The predicted octanol–water partition coefficient (Wildman–Crippen LogP) is 3.74. The normalized spacial score (nSPS) is 15.2. The monoisotopic (exact) mass is 269 g/mol. The Morgan fingerprint density at radius 1 is 1.47 bits per heavy atom. The summed E-state index contributed by atoms with van der Waals surface area (Å²) in [6, 6.07) is 5.05. The van der Waals surface area contributed by atoms with E-state index in [1.807, 2.05) is 4.57 Å². The fourth-order valence-corrected chi connectivity index (χ4v) is 2.21. The maximum absolute atomic E-state index is 13.4. The lowest BCUT2D eigenvalue weighted by Crippen LogP contribution is -1.97. The van der Waals surface area contributed by atoms with Crippen LogP contribution in [0, 0.1) is 10.6 Å². The van der Waals surface area contributed by atoms with Gasteiger partial charge in [-0.15, -0.1) is 0 Å². The molecule has 0 spiro atoms. The topological polar surface area (TPSA) is 33.6 Å². The number of rotatable bonds is 2. The van der Waals surface area contributed by atoms with Crippen LogP contribution in [-0.2, 0) is 0 Å². The maximum Gasteiger partial charge on any atom is 0.195 e. The van der Waals surface area contributed by atoms with Gasteiger partial charge in [0.1, 0.15) is 5.82 Å². The summed E-state index contributed by atoms with van der Waals surface area (Å²) in [5.41, 5.74) is 0.686. The molecular formula is C11H9ClFN3S. The minimum atomic E-state index is -0.444. The molecule has 1 heterocycles. The predicted molar refractivity (Wildman–Crippen MR) is 66.1 cm³/mol. The number of H-pyrrole nitrogens is 1. The zero-order chi connectivity index (χ0) is 12.0.